The maximum absolute atomic E-state index is 11.5. The number of thiophene rings is 1. The number of carboxylic acids is 1. The molecule has 100 valence electrons. The molecule has 0 radical (unpaired) electrons. The zero-order valence-corrected chi connectivity index (χ0v) is 11.8. The van der Waals surface area contributed by atoms with E-state index in [1.165, 1.54) is 11.3 Å². The Morgan fingerprint density at radius 1 is 1.61 bits per heavy atom. The van der Waals surface area contributed by atoms with Gasteiger partial charge in [0, 0.05) is 13.1 Å². The fourth-order valence-electron chi connectivity index (χ4n) is 1.91. The minimum atomic E-state index is -3.25. The molecule has 1 N–H and O–H groups in total. The third kappa shape index (κ3) is 3.03. The van der Waals surface area contributed by atoms with E-state index < -0.39 is 21.8 Å². The van der Waals surface area contributed by atoms with Crippen molar-refractivity contribution in [1.29, 1.82) is 0 Å². The van der Waals surface area contributed by atoms with Crippen LogP contribution >= 0.6 is 22.9 Å². The van der Waals surface area contributed by atoms with E-state index in [2.05, 4.69) is 0 Å². The second kappa shape index (κ2) is 5.16. The molecule has 18 heavy (non-hydrogen) atoms. The van der Waals surface area contributed by atoms with Crippen molar-refractivity contribution in [3.63, 3.8) is 0 Å². The molecule has 2 heterocycles. The summed E-state index contributed by atoms with van der Waals surface area (Å²) in [4.78, 5) is 12.8. The average Bonchev–Trinajstić information content (AvgIpc) is 2.66. The number of nitrogens with zero attached hydrogens (tertiary/aromatic N) is 1. The van der Waals surface area contributed by atoms with E-state index in [9.17, 15) is 13.2 Å². The molecule has 0 bridgehead atoms. The molecule has 1 atom stereocenters. The highest BCUT2D eigenvalue weighted by molar-refractivity contribution is 7.91. The van der Waals surface area contributed by atoms with Crippen LogP contribution in [0.25, 0.3) is 0 Å². The fourth-order valence-corrected chi connectivity index (χ4v) is 4.34. The van der Waals surface area contributed by atoms with E-state index in [4.69, 9.17) is 16.7 Å². The molecule has 2 rings (SSSR count). The number of rotatable bonds is 3. The standard InChI is InChI=1S/C10H12ClNO4S2/c11-9-7(1-3-17-9)5-12-2-4-18(15,16)6-8(12)10(13)14/h1,3,8H,2,4-6H2,(H,13,14). The van der Waals surface area contributed by atoms with Crippen LogP contribution in [-0.4, -0.2) is 48.5 Å². The van der Waals surface area contributed by atoms with Crippen LogP contribution in [0.1, 0.15) is 5.56 Å². The molecular weight excluding hydrogens is 298 g/mol. The second-order valence-electron chi connectivity index (χ2n) is 4.16. The largest absolute Gasteiger partial charge is 0.480 e. The smallest absolute Gasteiger partial charge is 0.321 e. The zero-order valence-electron chi connectivity index (χ0n) is 9.37. The van der Waals surface area contributed by atoms with Crippen LogP contribution in [-0.2, 0) is 21.2 Å². The first-order chi connectivity index (χ1) is 8.39. The van der Waals surface area contributed by atoms with Crippen molar-refractivity contribution in [2.24, 2.45) is 0 Å². The molecule has 1 aromatic heterocycles. The molecule has 1 aliphatic rings. The normalized spacial score (nSPS) is 23.9. The first-order valence-electron chi connectivity index (χ1n) is 5.28. The molecule has 8 heteroatoms. The van der Waals surface area contributed by atoms with E-state index in [1.807, 2.05) is 11.4 Å². The molecule has 5 nitrogen and oxygen atoms in total. The molecule has 0 aromatic carbocycles. The number of hydrogen-bond acceptors (Lipinski definition) is 5. The highest BCUT2D eigenvalue weighted by Crippen LogP contribution is 2.25. The lowest BCUT2D eigenvalue weighted by molar-refractivity contribution is -0.142. The average molecular weight is 310 g/mol. The summed E-state index contributed by atoms with van der Waals surface area (Å²) in [5, 5.41) is 10.9. The molecule has 0 amide bonds. The summed E-state index contributed by atoms with van der Waals surface area (Å²) in [7, 11) is -3.25. The van der Waals surface area contributed by atoms with Crippen molar-refractivity contribution in [2.75, 3.05) is 18.1 Å². The Hall–Kier alpha value is -0.630. The minimum Gasteiger partial charge on any atom is -0.480 e. The molecule has 1 unspecified atom stereocenters. The van der Waals surface area contributed by atoms with Gasteiger partial charge in [0.2, 0.25) is 0 Å². The summed E-state index contributed by atoms with van der Waals surface area (Å²) < 4.78 is 23.6. The van der Waals surface area contributed by atoms with E-state index >= 15 is 0 Å². The zero-order chi connectivity index (χ0) is 13.3. The molecule has 0 saturated carbocycles. The Kier molecular flexibility index (Phi) is 3.96. The topological polar surface area (TPSA) is 74.7 Å². The van der Waals surface area contributed by atoms with Gasteiger partial charge in [0.15, 0.2) is 9.84 Å². The van der Waals surface area contributed by atoms with Crippen LogP contribution < -0.4 is 0 Å². The molecule has 1 aliphatic heterocycles. The lowest BCUT2D eigenvalue weighted by Gasteiger charge is -2.32. The molecule has 0 spiro atoms. The van der Waals surface area contributed by atoms with Crippen molar-refractivity contribution in [2.45, 2.75) is 12.6 Å². The van der Waals surface area contributed by atoms with Crippen molar-refractivity contribution in [3.8, 4) is 0 Å². The molecule has 1 aromatic rings. The number of sulfone groups is 1. The maximum atomic E-state index is 11.5. The quantitative estimate of drug-likeness (QED) is 0.904. The predicted molar refractivity (Wildman–Crippen MR) is 69.8 cm³/mol. The highest BCUT2D eigenvalue weighted by Gasteiger charge is 2.36. The fraction of sp³-hybridized carbons (Fsp3) is 0.500. The molecule has 1 fully saturated rings. The van der Waals surface area contributed by atoms with Gasteiger partial charge >= 0.3 is 5.97 Å². The summed E-state index contributed by atoms with van der Waals surface area (Å²) in [6.45, 7) is 0.598. The van der Waals surface area contributed by atoms with Gasteiger partial charge in [0.1, 0.15) is 6.04 Å². The second-order valence-corrected chi connectivity index (χ2v) is 7.91. The summed E-state index contributed by atoms with van der Waals surface area (Å²) >= 11 is 7.34. The van der Waals surface area contributed by atoms with E-state index in [1.54, 1.807) is 4.90 Å². The summed E-state index contributed by atoms with van der Waals surface area (Å²) in [6.07, 6.45) is 0. The Bertz CT molecular complexity index is 554. The van der Waals surface area contributed by atoms with Gasteiger partial charge in [0.05, 0.1) is 15.8 Å². The van der Waals surface area contributed by atoms with Gasteiger partial charge in [-0.2, -0.15) is 0 Å². The summed E-state index contributed by atoms with van der Waals surface area (Å²) in [5.41, 5.74) is 0.840. The number of hydrogen-bond donors (Lipinski definition) is 1. The van der Waals surface area contributed by atoms with Gasteiger partial charge < -0.3 is 5.11 Å². The van der Waals surface area contributed by atoms with E-state index in [0.717, 1.165) is 5.56 Å². The van der Waals surface area contributed by atoms with Gasteiger partial charge in [-0.25, -0.2) is 8.42 Å². The Balaban J connectivity index is 2.17. The maximum Gasteiger partial charge on any atom is 0.321 e. The van der Waals surface area contributed by atoms with E-state index in [-0.39, 0.29) is 18.1 Å². The number of carboxylic acid groups (broad SMARTS) is 1. The molecule has 1 saturated heterocycles. The first kappa shape index (κ1) is 13.8. The van der Waals surface area contributed by atoms with Crippen LogP contribution in [0.15, 0.2) is 11.4 Å². The van der Waals surface area contributed by atoms with E-state index in [0.29, 0.717) is 10.9 Å². The van der Waals surface area contributed by atoms with Crippen molar-refractivity contribution >= 4 is 38.7 Å². The van der Waals surface area contributed by atoms with Crippen molar-refractivity contribution in [1.82, 2.24) is 4.90 Å². The number of halogens is 1. The lowest BCUT2D eigenvalue weighted by Crippen LogP contribution is -2.51. The highest BCUT2D eigenvalue weighted by atomic mass is 35.5. The Morgan fingerprint density at radius 2 is 2.33 bits per heavy atom. The number of aliphatic carboxylic acids is 1. The lowest BCUT2D eigenvalue weighted by atomic mass is 10.2. The van der Waals surface area contributed by atoms with Gasteiger partial charge in [0.25, 0.3) is 0 Å². The van der Waals surface area contributed by atoms with Crippen LogP contribution in [0.4, 0.5) is 0 Å². The van der Waals surface area contributed by atoms with Crippen LogP contribution in [0, 0.1) is 0 Å². The first-order valence-corrected chi connectivity index (χ1v) is 8.36. The SMILES string of the molecule is O=C(O)C1CS(=O)(=O)CCN1Cc1ccsc1Cl. The van der Waals surface area contributed by atoms with Crippen LogP contribution in [0.3, 0.4) is 0 Å². The minimum absolute atomic E-state index is 0.00145. The van der Waals surface area contributed by atoms with Crippen molar-refractivity contribution in [3.05, 3.63) is 21.3 Å². The predicted octanol–water partition coefficient (Wildman–Crippen LogP) is 1.09. The van der Waals surface area contributed by atoms with Gasteiger partial charge in [-0.3, -0.25) is 9.69 Å². The van der Waals surface area contributed by atoms with Gasteiger partial charge in [-0.15, -0.1) is 11.3 Å². The monoisotopic (exact) mass is 309 g/mol. The van der Waals surface area contributed by atoms with Crippen LogP contribution in [0.2, 0.25) is 4.34 Å². The Morgan fingerprint density at radius 3 is 2.89 bits per heavy atom. The third-order valence-corrected chi connectivity index (χ3v) is 5.77. The summed E-state index contributed by atoms with van der Waals surface area (Å²) in [5.74, 6) is -1.44. The number of carbonyl (C=O) groups is 1. The summed E-state index contributed by atoms with van der Waals surface area (Å²) in [6, 6.07) is 0.842. The van der Waals surface area contributed by atoms with Crippen molar-refractivity contribution < 1.29 is 18.3 Å². The molecular formula is C10H12ClNO4S2. The molecule has 0 aliphatic carbocycles. The third-order valence-electron chi connectivity index (χ3n) is 2.89. The van der Waals surface area contributed by atoms with Gasteiger partial charge in [-0.05, 0) is 17.0 Å². The van der Waals surface area contributed by atoms with Gasteiger partial charge in [-0.1, -0.05) is 11.6 Å². The Labute approximate surface area is 114 Å². The van der Waals surface area contributed by atoms with Crippen LogP contribution in [0.5, 0.6) is 0 Å².